The first-order chi connectivity index (χ1) is 8.82. The molecule has 1 aliphatic rings. The fraction of sp³-hybridized carbons (Fsp3) is 0.600. The van der Waals surface area contributed by atoms with Gasteiger partial charge >= 0.3 is 5.69 Å². The lowest BCUT2D eigenvalue weighted by Gasteiger charge is -2.23. The van der Waals surface area contributed by atoms with Gasteiger partial charge in [-0.05, 0) is 13.0 Å². The van der Waals surface area contributed by atoms with E-state index >= 15 is 0 Å². The molecule has 5 N–H and O–H groups in total. The predicted molar refractivity (Wildman–Crippen MR) is 60.9 cm³/mol. The van der Waals surface area contributed by atoms with Gasteiger partial charge in [0.1, 0.15) is 18.0 Å². The molecule has 0 radical (unpaired) electrons. The number of anilines is 1. The van der Waals surface area contributed by atoms with Crippen LogP contribution in [0.2, 0.25) is 0 Å². The fourth-order valence-electron chi connectivity index (χ4n) is 1.82. The number of aliphatic hydroxyl groups excluding tert-OH is 2. The molecule has 9 heteroatoms. The minimum absolute atomic E-state index is 0.0551. The Morgan fingerprint density at radius 2 is 2.37 bits per heavy atom. The molecular weight excluding hydrogens is 261 g/mol. The van der Waals surface area contributed by atoms with Crippen LogP contribution in [0.1, 0.15) is 6.92 Å². The van der Waals surface area contributed by atoms with Crippen molar-refractivity contribution in [2.24, 2.45) is 0 Å². The molecule has 1 aliphatic heterocycles. The highest BCUT2D eigenvalue weighted by atomic mass is 19.2. The topological polar surface area (TPSA) is 128 Å². The molecule has 0 saturated carbocycles. The van der Waals surface area contributed by atoms with Crippen molar-refractivity contribution in [3.63, 3.8) is 0 Å². The summed E-state index contributed by atoms with van der Waals surface area (Å²) in [6.07, 6.45) is -4.85. The molecule has 0 aromatic carbocycles. The molecule has 106 valence electrons. The Balaban J connectivity index is 2.19. The second-order valence-electron chi connectivity index (χ2n) is 4.33. The standard InChI is InChI=1S/C10H14FN3O5/c1-4(15)6-7(16)10(11,18)8(19-6)13-5-2-3-12-9(17)14-5/h2-4,6-8,15-16,18H,1H3,(H2,12,13,14,17)/t4?,6-,7-,8?,10+/m1/s1. The van der Waals surface area contributed by atoms with E-state index in [2.05, 4.69) is 15.3 Å². The summed E-state index contributed by atoms with van der Waals surface area (Å²) in [6.45, 7) is 1.29. The minimum atomic E-state index is -3.11. The summed E-state index contributed by atoms with van der Waals surface area (Å²) < 4.78 is 19.0. The molecule has 0 spiro atoms. The van der Waals surface area contributed by atoms with E-state index in [9.17, 15) is 24.5 Å². The highest BCUT2D eigenvalue weighted by Crippen LogP contribution is 2.34. The zero-order valence-electron chi connectivity index (χ0n) is 9.95. The van der Waals surface area contributed by atoms with E-state index in [1.54, 1.807) is 0 Å². The molecule has 2 unspecified atom stereocenters. The maximum atomic E-state index is 14.0. The van der Waals surface area contributed by atoms with Gasteiger partial charge in [-0.25, -0.2) is 14.2 Å². The monoisotopic (exact) mass is 275 g/mol. The Bertz CT molecular complexity index is 506. The summed E-state index contributed by atoms with van der Waals surface area (Å²) in [5, 5.41) is 30.8. The summed E-state index contributed by atoms with van der Waals surface area (Å²) in [7, 11) is 0. The van der Waals surface area contributed by atoms with Crippen LogP contribution in [-0.4, -0.2) is 55.7 Å². The molecule has 1 aromatic rings. The Kier molecular flexibility index (Phi) is 3.54. The van der Waals surface area contributed by atoms with E-state index in [1.807, 2.05) is 0 Å². The first kappa shape index (κ1) is 13.9. The third-order valence-corrected chi connectivity index (χ3v) is 2.82. The Morgan fingerprint density at radius 3 is 2.89 bits per heavy atom. The lowest BCUT2D eigenvalue weighted by molar-refractivity contribution is -0.167. The number of aromatic amines is 1. The number of nitrogens with zero attached hydrogens (tertiary/aromatic N) is 1. The third-order valence-electron chi connectivity index (χ3n) is 2.82. The molecule has 19 heavy (non-hydrogen) atoms. The van der Waals surface area contributed by atoms with Gasteiger partial charge in [0.2, 0.25) is 0 Å². The van der Waals surface area contributed by atoms with Gasteiger partial charge < -0.3 is 25.4 Å². The van der Waals surface area contributed by atoms with E-state index in [0.29, 0.717) is 0 Å². The summed E-state index contributed by atoms with van der Waals surface area (Å²) in [4.78, 5) is 16.6. The number of ether oxygens (including phenoxy) is 1. The zero-order valence-corrected chi connectivity index (χ0v) is 9.95. The normalized spacial score (nSPS) is 36.2. The van der Waals surface area contributed by atoms with E-state index in [1.165, 1.54) is 19.2 Å². The molecule has 5 atom stereocenters. The molecule has 0 amide bonds. The van der Waals surface area contributed by atoms with Crippen LogP contribution >= 0.6 is 0 Å². The number of aromatic nitrogens is 2. The average molecular weight is 275 g/mol. The fourth-order valence-corrected chi connectivity index (χ4v) is 1.82. The van der Waals surface area contributed by atoms with E-state index in [-0.39, 0.29) is 5.82 Å². The first-order valence-corrected chi connectivity index (χ1v) is 5.57. The van der Waals surface area contributed by atoms with Crippen LogP contribution in [0.4, 0.5) is 10.2 Å². The minimum Gasteiger partial charge on any atom is -0.391 e. The van der Waals surface area contributed by atoms with Crippen molar-refractivity contribution in [3.05, 3.63) is 22.7 Å². The van der Waals surface area contributed by atoms with Crippen molar-refractivity contribution in [3.8, 4) is 0 Å². The molecule has 1 saturated heterocycles. The SMILES string of the molecule is CC(O)[C@H]1OC(Nc2ccnc(=O)[nH]2)[C@](O)(F)[C@@H]1O. The number of nitrogens with one attached hydrogen (secondary N) is 2. The molecule has 1 aromatic heterocycles. The van der Waals surface area contributed by atoms with Crippen molar-refractivity contribution in [1.29, 1.82) is 0 Å². The second-order valence-corrected chi connectivity index (χ2v) is 4.33. The van der Waals surface area contributed by atoms with Crippen LogP contribution in [0.3, 0.4) is 0 Å². The highest BCUT2D eigenvalue weighted by Gasteiger charge is 2.58. The average Bonchev–Trinajstić information content (AvgIpc) is 2.53. The van der Waals surface area contributed by atoms with Crippen molar-refractivity contribution in [2.45, 2.75) is 37.3 Å². The van der Waals surface area contributed by atoms with Crippen molar-refractivity contribution in [2.75, 3.05) is 5.32 Å². The Hall–Kier alpha value is -1.55. The highest BCUT2D eigenvalue weighted by molar-refractivity contribution is 5.33. The third kappa shape index (κ3) is 2.59. The summed E-state index contributed by atoms with van der Waals surface area (Å²) in [5.74, 6) is -3.05. The van der Waals surface area contributed by atoms with Crippen molar-refractivity contribution in [1.82, 2.24) is 9.97 Å². The molecule has 2 heterocycles. The number of rotatable bonds is 3. The zero-order chi connectivity index (χ0) is 14.2. The van der Waals surface area contributed by atoms with Gasteiger partial charge in [0, 0.05) is 6.20 Å². The van der Waals surface area contributed by atoms with Crippen LogP contribution in [0.15, 0.2) is 17.1 Å². The summed E-state index contributed by atoms with van der Waals surface area (Å²) in [5.41, 5.74) is -0.669. The van der Waals surface area contributed by atoms with Crippen LogP contribution in [-0.2, 0) is 4.74 Å². The van der Waals surface area contributed by atoms with Gasteiger partial charge in [0.25, 0.3) is 5.85 Å². The van der Waals surface area contributed by atoms with Gasteiger partial charge in [-0.2, -0.15) is 0 Å². The quantitative estimate of drug-likeness (QED) is 0.445. The Labute approximate surface area is 106 Å². The molecule has 1 fully saturated rings. The molecule has 0 bridgehead atoms. The van der Waals surface area contributed by atoms with Gasteiger partial charge in [-0.3, -0.25) is 4.98 Å². The number of H-pyrrole nitrogens is 1. The Morgan fingerprint density at radius 1 is 1.68 bits per heavy atom. The van der Waals surface area contributed by atoms with E-state index < -0.39 is 36.1 Å². The maximum Gasteiger partial charge on any atom is 0.346 e. The summed E-state index contributed by atoms with van der Waals surface area (Å²) >= 11 is 0. The number of hydrogen-bond donors (Lipinski definition) is 5. The largest absolute Gasteiger partial charge is 0.391 e. The van der Waals surface area contributed by atoms with Crippen LogP contribution in [0, 0.1) is 0 Å². The molecular formula is C10H14FN3O5. The van der Waals surface area contributed by atoms with Crippen LogP contribution in [0.25, 0.3) is 0 Å². The van der Waals surface area contributed by atoms with Crippen LogP contribution in [0.5, 0.6) is 0 Å². The first-order valence-electron chi connectivity index (χ1n) is 5.57. The predicted octanol–water partition coefficient (Wildman–Crippen LogP) is -1.69. The number of alkyl halides is 1. The molecule has 8 nitrogen and oxygen atoms in total. The maximum absolute atomic E-state index is 14.0. The van der Waals surface area contributed by atoms with E-state index in [0.717, 1.165) is 0 Å². The number of halogens is 1. The lowest BCUT2D eigenvalue weighted by Crippen LogP contribution is -2.48. The van der Waals surface area contributed by atoms with E-state index in [4.69, 9.17) is 4.74 Å². The number of aliphatic hydroxyl groups is 3. The van der Waals surface area contributed by atoms with Gasteiger partial charge in [0.15, 0.2) is 6.23 Å². The smallest absolute Gasteiger partial charge is 0.346 e. The lowest BCUT2D eigenvalue weighted by atomic mass is 10.1. The van der Waals surface area contributed by atoms with Gasteiger partial charge in [-0.15, -0.1) is 0 Å². The molecule has 0 aliphatic carbocycles. The van der Waals surface area contributed by atoms with Crippen LogP contribution < -0.4 is 11.0 Å². The number of hydrogen-bond acceptors (Lipinski definition) is 7. The van der Waals surface area contributed by atoms with Gasteiger partial charge in [0.05, 0.1) is 6.10 Å². The van der Waals surface area contributed by atoms with Crippen molar-refractivity contribution < 1.29 is 24.4 Å². The molecule has 2 rings (SSSR count). The van der Waals surface area contributed by atoms with Crippen molar-refractivity contribution >= 4 is 5.82 Å². The van der Waals surface area contributed by atoms with Gasteiger partial charge in [-0.1, -0.05) is 0 Å². The second kappa shape index (κ2) is 4.85. The summed E-state index contributed by atoms with van der Waals surface area (Å²) in [6, 6.07) is 1.32.